The van der Waals surface area contributed by atoms with E-state index in [9.17, 15) is 0 Å². The van der Waals surface area contributed by atoms with E-state index in [0.717, 1.165) is 27.5 Å². The number of hydrogen-bond acceptors (Lipinski definition) is 3. The number of fused-ring (bicyclic) bond motifs is 1. The maximum absolute atomic E-state index is 5.75. The number of rotatable bonds is 8. The first-order chi connectivity index (χ1) is 10.3. The molecule has 0 amide bonds. The fraction of sp³-hybridized carbons (Fsp3) is 0.471. The smallest absolute Gasteiger partial charge is 0.0736 e. The third kappa shape index (κ3) is 4.50. The number of unbranched alkanes of at least 4 members (excludes halogenated alkanes) is 4. The Labute approximate surface area is 135 Å². The summed E-state index contributed by atoms with van der Waals surface area (Å²) in [6, 6.07) is 10.4. The van der Waals surface area contributed by atoms with Crippen LogP contribution in [-0.2, 0) is 0 Å². The molecule has 3 N–H and O–H groups in total. The van der Waals surface area contributed by atoms with Gasteiger partial charge in [0.1, 0.15) is 0 Å². The van der Waals surface area contributed by atoms with Crippen molar-refractivity contribution in [2.24, 2.45) is 5.84 Å². The summed E-state index contributed by atoms with van der Waals surface area (Å²) in [7, 11) is 0. The Kier molecular flexibility index (Phi) is 6.61. The molecule has 1 unspecified atom stereocenters. The molecule has 0 aliphatic rings. The third-order valence-electron chi connectivity index (χ3n) is 3.83. The van der Waals surface area contributed by atoms with Crippen LogP contribution in [0, 0.1) is 0 Å². The van der Waals surface area contributed by atoms with E-state index in [2.05, 4.69) is 40.4 Å². The van der Waals surface area contributed by atoms with Crippen LogP contribution >= 0.6 is 15.9 Å². The highest BCUT2D eigenvalue weighted by Crippen LogP contribution is 2.28. The van der Waals surface area contributed by atoms with Crippen LogP contribution in [0.5, 0.6) is 0 Å². The van der Waals surface area contributed by atoms with Crippen LogP contribution in [0.25, 0.3) is 10.9 Å². The number of nitrogens with zero attached hydrogens (tertiary/aromatic N) is 1. The highest BCUT2D eigenvalue weighted by Gasteiger charge is 2.15. The highest BCUT2D eigenvalue weighted by molar-refractivity contribution is 9.10. The molecular weight excluding hydrogens is 326 g/mol. The average Bonchev–Trinajstić information content (AvgIpc) is 2.51. The Morgan fingerprint density at radius 2 is 1.95 bits per heavy atom. The normalized spacial score (nSPS) is 12.7. The van der Waals surface area contributed by atoms with Gasteiger partial charge in [-0.3, -0.25) is 11.3 Å². The van der Waals surface area contributed by atoms with Gasteiger partial charge in [-0.25, -0.2) is 4.98 Å². The number of halogens is 1. The number of hydrogen-bond donors (Lipinski definition) is 2. The second kappa shape index (κ2) is 8.47. The van der Waals surface area contributed by atoms with Gasteiger partial charge in [-0.1, -0.05) is 57.2 Å². The van der Waals surface area contributed by atoms with Crippen molar-refractivity contribution < 1.29 is 0 Å². The predicted octanol–water partition coefficient (Wildman–Crippen LogP) is 4.86. The van der Waals surface area contributed by atoms with Gasteiger partial charge in [-0.2, -0.15) is 0 Å². The molecule has 0 fully saturated rings. The van der Waals surface area contributed by atoms with E-state index < -0.39 is 0 Å². The molecule has 0 radical (unpaired) electrons. The average molecular weight is 350 g/mol. The zero-order valence-corrected chi connectivity index (χ0v) is 14.2. The lowest BCUT2D eigenvalue weighted by atomic mass is 10.0. The van der Waals surface area contributed by atoms with Crippen LogP contribution in [0.15, 0.2) is 34.8 Å². The molecule has 0 saturated heterocycles. The lowest BCUT2D eigenvalue weighted by Gasteiger charge is -2.17. The first kappa shape index (κ1) is 16.4. The first-order valence-corrected chi connectivity index (χ1v) is 8.57. The fourth-order valence-corrected chi connectivity index (χ4v) is 3.21. The summed E-state index contributed by atoms with van der Waals surface area (Å²) in [6.07, 6.45) is 7.35. The van der Waals surface area contributed by atoms with Crippen LogP contribution in [0.4, 0.5) is 0 Å². The first-order valence-electron chi connectivity index (χ1n) is 7.77. The summed E-state index contributed by atoms with van der Waals surface area (Å²) in [5, 5.41) is 1.15. The second-order valence-corrected chi connectivity index (χ2v) is 6.32. The molecule has 0 saturated carbocycles. The van der Waals surface area contributed by atoms with Gasteiger partial charge in [0.05, 0.1) is 17.3 Å². The number of aromatic nitrogens is 1. The maximum Gasteiger partial charge on any atom is 0.0736 e. The summed E-state index contributed by atoms with van der Waals surface area (Å²) >= 11 is 3.63. The van der Waals surface area contributed by atoms with Crippen LogP contribution in [-0.4, -0.2) is 4.98 Å². The summed E-state index contributed by atoms with van der Waals surface area (Å²) < 4.78 is 1.03. The summed E-state index contributed by atoms with van der Waals surface area (Å²) in [6.45, 7) is 2.24. The van der Waals surface area contributed by atoms with E-state index >= 15 is 0 Å². The van der Waals surface area contributed by atoms with Gasteiger partial charge < -0.3 is 0 Å². The molecule has 2 aromatic rings. The van der Waals surface area contributed by atoms with Gasteiger partial charge in [0, 0.05) is 9.86 Å². The van der Waals surface area contributed by atoms with Crippen molar-refractivity contribution in [3.63, 3.8) is 0 Å². The maximum atomic E-state index is 5.75. The Balaban J connectivity index is 2.08. The minimum Gasteiger partial charge on any atom is -0.271 e. The topological polar surface area (TPSA) is 50.9 Å². The van der Waals surface area contributed by atoms with Crippen molar-refractivity contribution in [3.8, 4) is 0 Å². The van der Waals surface area contributed by atoms with Crippen LogP contribution < -0.4 is 11.3 Å². The van der Waals surface area contributed by atoms with E-state index in [1.165, 1.54) is 32.1 Å². The lowest BCUT2D eigenvalue weighted by molar-refractivity contribution is 0.469. The van der Waals surface area contributed by atoms with Gasteiger partial charge >= 0.3 is 0 Å². The molecule has 0 aliphatic heterocycles. The molecule has 3 nitrogen and oxygen atoms in total. The van der Waals surface area contributed by atoms with E-state index in [4.69, 9.17) is 10.8 Å². The Bertz CT molecular complexity index is 571. The van der Waals surface area contributed by atoms with Crippen LogP contribution in [0.2, 0.25) is 0 Å². The SMILES string of the molecule is CCCCCCCC(NN)c1nc2ccccc2cc1Br. The molecule has 0 aliphatic carbocycles. The van der Waals surface area contributed by atoms with Crippen molar-refractivity contribution in [2.45, 2.75) is 51.5 Å². The van der Waals surface area contributed by atoms with Gasteiger partial charge in [-0.15, -0.1) is 0 Å². The number of nitrogens with two attached hydrogens (primary N) is 1. The molecule has 0 spiro atoms. The molecule has 114 valence electrons. The van der Waals surface area contributed by atoms with Crippen molar-refractivity contribution in [2.75, 3.05) is 0 Å². The lowest BCUT2D eigenvalue weighted by Crippen LogP contribution is -2.29. The molecule has 2 rings (SSSR count). The molecule has 1 heterocycles. The number of benzene rings is 1. The molecule has 21 heavy (non-hydrogen) atoms. The zero-order valence-electron chi connectivity index (χ0n) is 12.6. The number of nitrogens with one attached hydrogen (secondary N) is 1. The van der Waals surface area contributed by atoms with E-state index in [0.29, 0.717) is 0 Å². The summed E-state index contributed by atoms with van der Waals surface area (Å²) in [5.41, 5.74) is 4.94. The Hall–Kier alpha value is -0.970. The number of pyridine rings is 1. The zero-order chi connectivity index (χ0) is 15.1. The molecule has 0 bridgehead atoms. The van der Waals surface area contributed by atoms with Crippen molar-refractivity contribution in [1.29, 1.82) is 0 Å². The summed E-state index contributed by atoms with van der Waals surface area (Å²) in [5.74, 6) is 5.75. The molecule has 1 aromatic carbocycles. The van der Waals surface area contributed by atoms with Crippen molar-refractivity contribution in [3.05, 3.63) is 40.5 Å². The fourth-order valence-electron chi connectivity index (χ4n) is 2.60. The van der Waals surface area contributed by atoms with Crippen molar-refractivity contribution in [1.82, 2.24) is 10.4 Å². The Morgan fingerprint density at radius 1 is 1.19 bits per heavy atom. The third-order valence-corrected chi connectivity index (χ3v) is 4.47. The monoisotopic (exact) mass is 349 g/mol. The van der Waals surface area contributed by atoms with E-state index in [-0.39, 0.29) is 6.04 Å². The highest BCUT2D eigenvalue weighted by atomic mass is 79.9. The minimum absolute atomic E-state index is 0.102. The van der Waals surface area contributed by atoms with Gasteiger partial charge in [0.15, 0.2) is 0 Å². The molecule has 1 aromatic heterocycles. The van der Waals surface area contributed by atoms with E-state index in [1.807, 2.05) is 18.2 Å². The second-order valence-electron chi connectivity index (χ2n) is 5.47. The molecular formula is C17H24BrN3. The van der Waals surface area contributed by atoms with Gasteiger partial charge in [0.25, 0.3) is 0 Å². The summed E-state index contributed by atoms with van der Waals surface area (Å²) in [4.78, 5) is 4.77. The predicted molar refractivity (Wildman–Crippen MR) is 92.9 cm³/mol. The minimum atomic E-state index is 0.102. The van der Waals surface area contributed by atoms with Crippen LogP contribution in [0.1, 0.15) is 57.2 Å². The van der Waals surface area contributed by atoms with Gasteiger partial charge in [0.2, 0.25) is 0 Å². The quantitative estimate of drug-likeness (QED) is 0.406. The van der Waals surface area contributed by atoms with Gasteiger partial charge in [-0.05, 0) is 34.5 Å². The molecule has 1 atom stereocenters. The number of hydrazine groups is 1. The Morgan fingerprint density at radius 3 is 2.71 bits per heavy atom. The van der Waals surface area contributed by atoms with E-state index in [1.54, 1.807) is 0 Å². The van der Waals surface area contributed by atoms with Crippen LogP contribution in [0.3, 0.4) is 0 Å². The van der Waals surface area contributed by atoms with Crippen molar-refractivity contribution >= 4 is 26.8 Å². The molecule has 4 heteroatoms. The largest absolute Gasteiger partial charge is 0.271 e. The standard InChI is InChI=1S/C17H24BrN3/c1-2-3-4-5-6-11-16(21-19)17-14(18)12-13-9-7-8-10-15(13)20-17/h7-10,12,16,21H,2-6,11,19H2,1H3. The number of para-hydroxylation sites is 1.